The SMILES string of the molecule is Cc1nc(-c2ncc[nH]2)cc([C@H]2CCCN2C(=O)c2cccs2)n1. The number of amides is 1. The molecule has 7 heteroatoms. The van der Waals surface area contributed by atoms with Crippen molar-refractivity contribution in [3.05, 3.63) is 52.4 Å². The van der Waals surface area contributed by atoms with Gasteiger partial charge in [0.05, 0.1) is 16.6 Å². The summed E-state index contributed by atoms with van der Waals surface area (Å²) in [5.41, 5.74) is 1.65. The van der Waals surface area contributed by atoms with Gasteiger partial charge < -0.3 is 9.88 Å². The van der Waals surface area contributed by atoms with Gasteiger partial charge in [0, 0.05) is 18.9 Å². The standard InChI is InChI=1S/C17H17N5OS/c1-11-20-12(10-13(21-11)16-18-6-7-19-16)14-4-2-8-22(14)17(23)15-5-3-9-24-15/h3,5-7,9-10,14H,2,4,8H2,1H3,(H,18,19)/t14-/m1/s1. The van der Waals surface area contributed by atoms with Crippen LogP contribution < -0.4 is 0 Å². The van der Waals surface area contributed by atoms with Crippen molar-refractivity contribution in [1.82, 2.24) is 24.8 Å². The molecule has 1 saturated heterocycles. The normalized spacial score (nSPS) is 17.4. The molecule has 3 aromatic rings. The highest BCUT2D eigenvalue weighted by molar-refractivity contribution is 7.12. The summed E-state index contributed by atoms with van der Waals surface area (Å²) < 4.78 is 0. The van der Waals surface area contributed by atoms with Crippen molar-refractivity contribution in [3.63, 3.8) is 0 Å². The van der Waals surface area contributed by atoms with Crippen LogP contribution in [-0.4, -0.2) is 37.3 Å². The Morgan fingerprint density at radius 3 is 3.08 bits per heavy atom. The fourth-order valence-corrected chi connectivity index (χ4v) is 3.83. The van der Waals surface area contributed by atoms with E-state index in [2.05, 4.69) is 19.9 Å². The third-order valence-electron chi connectivity index (χ3n) is 4.19. The Hall–Kier alpha value is -2.54. The van der Waals surface area contributed by atoms with Crippen LogP contribution >= 0.6 is 11.3 Å². The molecule has 4 rings (SSSR count). The van der Waals surface area contributed by atoms with Crippen LogP contribution in [0.1, 0.15) is 40.1 Å². The molecule has 1 atom stereocenters. The molecule has 1 aliphatic heterocycles. The van der Waals surface area contributed by atoms with Gasteiger partial charge in [0.25, 0.3) is 5.91 Å². The molecule has 1 amide bonds. The van der Waals surface area contributed by atoms with E-state index in [-0.39, 0.29) is 11.9 Å². The summed E-state index contributed by atoms with van der Waals surface area (Å²) in [5, 5.41) is 1.93. The Kier molecular flexibility index (Phi) is 3.86. The number of H-pyrrole nitrogens is 1. The molecule has 122 valence electrons. The van der Waals surface area contributed by atoms with Gasteiger partial charge in [-0.3, -0.25) is 4.79 Å². The highest BCUT2D eigenvalue weighted by Crippen LogP contribution is 2.33. The summed E-state index contributed by atoms with van der Waals surface area (Å²) in [4.78, 5) is 31.9. The second-order valence-electron chi connectivity index (χ2n) is 5.80. The second kappa shape index (κ2) is 6.16. The van der Waals surface area contributed by atoms with E-state index in [0.717, 1.165) is 41.5 Å². The van der Waals surface area contributed by atoms with Crippen LogP contribution in [0.25, 0.3) is 11.5 Å². The second-order valence-corrected chi connectivity index (χ2v) is 6.74. The van der Waals surface area contributed by atoms with Crippen LogP contribution in [0.4, 0.5) is 0 Å². The number of aryl methyl sites for hydroxylation is 1. The molecule has 1 N–H and O–H groups in total. The molecule has 4 heterocycles. The number of carbonyl (C=O) groups is 1. The molecule has 1 aliphatic rings. The van der Waals surface area contributed by atoms with Gasteiger partial charge in [-0.2, -0.15) is 0 Å². The zero-order valence-corrected chi connectivity index (χ0v) is 14.1. The number of nitrogens with zero attached hydrogens (tertiary/aromatic N) is 4. The van der Waals surface area contributed by atoms with Crippen molar-refractivity contribution in [1.29, 1.82) is 0 Å². The lowest BCUT2D eigenvalue weighted by Crippen LogP contribution is -2.30. The molecule has 1 fully saturated rings. The molecular formula is C17H17N5OS. The Balaban J connectivity index is 1.68. The maximum absolute atomic E-state index is 12.8. The van der Waals surface area contributed by atoms with Gasteiger partial charge in [0.15, 0.2) is 5.82 Å². The summed E-state index contributed by atoms with van der Waals surface area (Å²) in [7, 11) is 0. The van der Waals surface area contributed by atoms with E-state index in [9.17, 15) is 4.79 Å². The quantitative estimate of drug-likeness (QED) is 0.795. The minimum atomic E-state index is -0.00462. The van der Waals surface area contributed by atoms with E-state index in [1.165, 1.54) is 11.3 Å². The number of hydrogen-bond donors (Lipinski definition) is 1. The maximum atomic E-state index is 12.8. The summed E-state index contributed by atoms with van der Waals surface area (Å²) in [6, 6.07) is 5.72. The highest BCUT2D eigenvalue weighted by atomic mass is 32.1. The van der Waals surface area contributed by atoms with Crippen molar-refractivity contribution < 1.29 is 4.79 Å². The summed E-state index contributed by atoms with van der Waals surface area (Å²) in [6.45, 7) is 2.64. The van der Waals surface area contributed by atoms with Gasteiger partial charge in [0.2, 0.25) is 0 Å². The predicted molar refractivity (Wildman–Crippen MR) is 91.7 cm³/mol. The van der Waals surface area contributed by atoms with Crippen LogP contribution in [0, 0.1) is 6.92 Å². The molecule has 0 aromatic carbocycles. The third-order valence-corrected chi connectivity index (χ3v) is 5.04. The fraction of sp³-hybridized carbons (Fsp3) is 0.294. The van der Waals surface area contributed by atoms with Crippen molar-refractivity contribution in [3.8, 4) is 11.5 Å². The number of likely N-dealkylation sites (tertiary alicyclic amines) is 1. The largest absolute Gasteiger partial charge is 0.343 e. The number of nitrogens with one attached hydrogen (secondary N) is 1. The molecule has 3 aromatic heterocycles. The van der Waals surface area contributed by atoms with Gasteiger partial charge in [-0.15, -0.1) is 11.3 Å². The van der Waals surface area contributed by atoms with Crippen molar-refractivity contribution in [2.75, 3.05) is 6.54 Å². The Morgan fingerprint density at radius 2 is 2.33 bits per heavy atom. The maximum Gasteiger partial charge on any atom is 0.264 e. The van der Waals surface area contributed by atoms with Crippen molar-refractivity contribution in [2.45, 2.75) is 25.8 Å². The number of rotatable bonds is 3. The summed E-state index contributed by atoms with van der Waals surface area (Å²) in [6.07, 6.45) is 5.38. The van der Waals surface area contributed by atoms with Crippen LogP contribution in [0.2, 0.25) is 0 Å². The van der Waals surface area contributed by atoms with Crippen LogP contribution in [-0.2, 0) is 0 Å². The number of imidazole rings is 1. The number of aromatic nitrogens is 4. The molecule has 6 nitrogen and oxygen atoms in total. The summed E-state index contributed by atoms with van der Waals surface area (Å²) >= 11 is 1.48. The van der Waals surface area contributed by atoms with Gasteiger partial charge >= 0.3 is 0 Å². The first-order valence-corrected chi connectivity index (χ1v) is 8.80. The minimum absolute atomic E-state index is 0.00462. The lowest BCUT2D eigenvalue weighted by molar-refractivity contribution is 0.0737. The number of aromatic amines is 1. The number of thiophene rings is 1. The monoisotopic (exact) mass is 339 g/mol. The van der Waals surface area contributed by atoms with Crippen molar-refractivity contribution >= 4 is 17.2 Å². The van der Waals surface area contributed by atoms with E-state index in [1.54, 1.807) is 12.4 Å². The predicted octanol–water partition coefficient (Wildman–Crippen LogP) is 3.21. The fourth-order valence-electron chi connectivity index (χ4n) is 3.15. The van der Waals surface area contributed by atoms with E-state index >= 15 is 0 Å². The van der Waals surface area contributed by atoms with Crippen molar-refractivity contribution in [2.24, 2.45) is 0 Å². The molecule has 0 bridgehead atoms. The molecule has 0 unspecified atom stereocenters. The Labute approximate surface area is 143 Å². The van der Waals surface area contributed by atoms with Gasteiger partial charge in [0.1, 0.15) is 11.5 Å². The van der Waals surface area contributed by atoms with E-state index < -0.39 is 0 Å². The van der Waals surface area contributed by atoms with E-state index in [4.69, 9.17) is 0 Å². The zero-order valence-electron chi connectivity index (χ0n) is 13.3. The lowest BCUT2D eigenvalue weighted by Gasteiger charge is -2.24. The Morgan fingerprint density at radius 1 is 1.42 bits per heavy atom. The third kappa shape index (κ3) is 2.71. The first-order valence-electron chi connectivity index (χ1n) is 7.92. The molecule has 0 spiro atoms. The lowest BCUT2D eigenvalue weighted by atomic mass is 10.1. The molecule has 0 radical (unpaired) electrons. The van der Waals surface area contributed by atoms with E-state index in [1.807, 2.05) is 35.4 Å². The topological polar surface area (TPSA) is 74.8 Å². The molecular weight excluding hydrogens is 322 g/mol. The first-order chi connectivity index (χ1) is 11.7. The van der Waals surface area contributed by atoms with E-state index in [0.29, 0.717) is 5.82 Å². The average molecular weight is 339 g/mol. The molecule has 24 heavy (non-hydrogen) atoms. The van der Waals surface area contributed by atoms with Gasteiger partial charge in [-0.1, -0.05) is 6.07 Å². The average Bonchev–Trinajstić information content (AvgIpc) is 3.36. The molecule has 0 aliphatic carbocycles. The van der Waals surface area contributed by atoms with Crippen LogP contribution in [0.15, 0.2) is 36.0 Å². The smallest absolute Gasteiger partial charge is 0.264 e. The van der Waals surface area contributed by atoms with Crippen LogP contribution in [0.3, 0.4) is 0 Å². The van der Waals surface area contributed by atoms with Gasteiger partial charge in [-0.25, -0.2) is 15.0 Å². The Bertz CT molecular complexity index is 844. The summed E-state index contributed by atoms with van der Waals surface area (Å²) in [5.74, 6) is 1.49. The number of carbonyl (C=O) groups excluding carboxylic acids is 1. The number of hydrogen-bond acceptors (Lipinski definition) is 5. The highest BCUT2D eigenvalue weighted by Gasteiger charge is 2.32. The van der Waals surface area contributed by atoms with Crippen LogP contribution in [0.5, 0.6) is 0 Å². The first kappa shape index (κ1) is 15.0. The zero-order chi connectivity index (χ0) is 16.5. The minimum Gasteiger partial charge on any atom is -0.343 e. The molecule has 0 saturated carbocycles. The van der Waals surface area contributed by atoms with Gasteiger partial charge in [-0.05, 0) is 37.3 Å².